The molecule has 0 fully saturated rings. The quantitative estimate of drug-likeness (QED) is 0.338. The number of methoxy groups -OCH3 is 2. The summed E-state index contributed by atoms with van der Waals surface area (Å²) in [6, 6.07) is 12.0. The Bertz CT molecular complexity index is 1030. The Morgan fingerprint density at radius 2 is 1.64 bits per heavy atom. The number of ether oxygens (including phenoxy) is 3. The molecule has 10 heteroatoms. The first-order valence-electron chi connectivity index (χ1n) is 10.3. The van der Waals surface area contributed by atoms with E-state index in [2.05, 4.69) is 0 Å². The lowest BCUT2D eigenvalue weighted by molar-refractivity contribution is -0.136. The number of carbonyl (C=O) groups is 2. The van der Waals surface area contributed by atoms with E-state index >= 15 is 0 Å². The second-order valence-electron chi connectivity index (χ2n) is 7.37. The van der Waals surface area contributed by atoms with Crippen molar-refractivity contribution in [2.45, 2.75) is 31.4 Å². The van der Waals surface area contributed by atoms with Gasteiger partial charge in [-0.3, -0.25) is 4.79 Å². The minimum Gasteiger partial charge on any atom is -0.459 e. The van der Waals surface area contributed by atoms with Crippen LogP contribution in [0.25, 0.3) is 0 Å². The molecule has 180 valence electrons. The van der Waals surface area contributed by atoms with Gasteiger partial charge in [0.25, 0.3) is 0 Å². The maximum absolute atomic E-state index is 12.8. The molecule has 2 aromatic carbocycles. The van der Waals surface area contributed by atoms with Crippen molar-refractivity contribution in [2.75, 3.05) is 34.0 Å². The van der Waals surface area contributed by atoms with E-state index in [-0.39, 0.29) is 28.7 Å². The molecule has 2 aromatic rings. The Labute approximate surface area is 194 Å². The highest BCUT2D eigenvalue weighted by molar-refractivity contribution is 7.87. The fourth-order valence-electron chi connectivity index (χ4n) is 2.88. The topological polar surface area (TPSA) is 108 Å². The fourth-order valence-corrected chi connectivity index (χ4v) is 4.00. The number of benzene rings is 2. The van der Waals surface area contributed by atoms with E-state index in [0.717, 1.165) is 5.56 Å². The Morgan fingerprint density at radius 1 is 0.970 bits per heavy atom. The van der Waals surface area contributed by atoms with Crippen LogP contribution in [0.3, 0.4) is 0 Å². The van der Waals surface area contributed by atoms with E-state index in [1.54, 1.807) is 44.1 Å². The van der Waals surface area contributed by atoms with Crippen LogP contribution >= 0.6 is 0 Å². The smallest absolute Gasteiger partial charge is 0.340 e. The van der Waals surface area contributed by atoms with Crippen molar-refractivity contribution in [2.24, 2.45) is 0 Å². The van der Waals surface area contributed by atoms with Crippen LogP contribution in [0.1, 0.15) is 29.8 Å². The first-order chi connectivity index (χ1) is 15.7. The molecular formula is C23H29NO8S. The lowest BCUT2D eigenvalue weighted by Gasteiger charge is -2.22. The summed E-state index contributed by atoms with van der Waals surface area (Å²) in [5.74, 6) is -0.875. The van der Waals surface area contributed by atoms with Crippen LogP contribution in [0.4, 0.5) is 0 Å². The van der Waals surface area contributed by atoms with Crippen molar-refractivity contribution < 1.29 is 36.4 Å². The average molecular weight is 480 g/mol. The van der Waals surface area contributed by atoms with Crippen molar-refractivity contribution in [3.05, 3.63) is 59.7 Å². The molecule has 0 aliphatic carbocycles. The van der Waals surface area contributed by atoms with E-state index in [4.69, 9.17) is 18.4 Å². The van der Waals surface area contributed by atoms with Gasteiger partial charge in [-0.25, -0.2) is 4.79 Å². The number of hydrogen-bond acceptors (Lipinski definition) is 8. The lowest BCUT2D eigenvalue weighted by Crippen LogP contribution is -2.35. The summed E-state index contributed by atoms with van der Waals surface area (Å²) in [4.78, 5) is 25.8. The second kappa shape index (κ2) is 12.3. The summed E-state index contributed by atoms with van der Waals surface area (Å²) in [6.07, 6.45) is -0.402. The van der Waals surface area contributed by atoms with E-state index in [0.29, 0.717) is 19.7 Å². The Kier molecular flexibility index (Phi) is 9.83. The van der Waals surface area contributed by atoms with Gasteiger partial charge in [-0.15, -0.1) is 0 Å². The normalized spacial score (nSPS) is 11.3. The molecule has 0 saturated carbocycles. The van der Waals surface area contributed by atoms with Gasteiger partial charge in [-0.1, -0.05) is 24.3 Å². The monoisotopic (exact) mass is 479 g/mol. The number of amides is 1. The van der Waals surface area contributed by atoms with Gasteiger partial charge in [0, 0.05) is 27.3 Å². The Morgan fingerprint density at radius 3 is 2.24 bits per heavy atom. The third-order valence-electron chi connectivity index (χ3n) is 4.41. The van der Waals surface area contributed by atoms with Crippen molar-refractivity contribution in [3.63, 3.8) is 0 Å². The highest BCUT2D eigenvalue weighted by Crippen LogP contribution is 2.23. The summed E-state index contributed by atoms with van der Waals surface area (Å²) in [7, 11) is -1.30. The highest BCUT2D eigenvalue weighted by atomic mass is 32.2. The van der Waals surface area contributed by atoms with Gasteiger partial charge >= 0.3 is 16.1 Å². The van der Waals surface area contributed by atoms with Gasteiger partial charge in [0.1, 0.15) is 17.3 Å². The summed E-state index contributed by atoms with van der Waals surface area (Å²) >= 11 is 0. The third-order valence-corrected chi connectivity index (χ3v) is 5.71. The van der Waals surface area contributed by atoms with Crippen LogP contribution in [0, 0.1) is 0 Å². The molecule has 0 aliphatic rings. The van der Waals surface area contributed by atoms with E-state index < -0.39 is 22.2 Å². The van der Waals surface area contributed by atoms with Crippen LogP contribution in [0.5, 0.6) is 5.75 Å². The van der Waals surface area contributed by atoms with Crippen LogP contribution in [-0.2, 0) is 35.7 Å². The predicted octanol–water partition coefficient (Wildman–Crippen LogP) is 2.64. The van der Waals surface area contributed by atoms with Crippen molar-refractivity contribution in [1.82, 2.24) is 4.90 Å². The molecule has 0 N–H and O–H groups in total. The maximum Gasteiger partial charge on any atom is 0.340 e. The van der Waals surface area contributed by atoms with Gasteiger partial charge in [-0.05, 0) is 43.7 Å². The zero-order valence-corrected chi connectivity index (χ0v) is 20.0. The molecule has 0 bridgehead atoms. The minimum absolute atomic E-state index is 0.0538. The molecule has 0 aromatic heterocycles. The lowest BCUT2D eigenvalue weighted by atomic mass is 10.2. The first-order valence-corrected chi connectivity index (χ1v) is 11.7. The molecular weight excluding hydrogens is 450 g/mol. The first kappa shape index (κ1) is 26.3. The molecule has 0 atom stereocenters. The number of hydrogen-bond donors (Lipinski definition) is 0. The zero-order valence-electron chi connectivity index (χ0n) is 19.1. The van der Waals surface area contributed by atoms with Crippen LogP contribution in [0.2, 0.25) is 0 Å². The van der Waals surface area contributed by atoms with Crippen molar-refractivity contribution in [3.8, 4) is 5.75 Å². The maximum atomic E-state index is 12.8. The van der Waals surface area contributed by atoms with Gasteiger partial charge < -0.3 is 23.3 Å². The Hall–Kier alpha value is -2.95. The minimum atomic E-state index is -4.29. The van der Waals surface area contributed by atoms with Crippen LogP contribution in [0.15, 0.2) is 53.4 Å². The number of esters is 1. The van der Waals surface area contributed by atoms with E-state index in [1.165, 1.54) is 37.4 Å². The average Bonchev–Trinajstić information content (AvgIpc) is 2.77. The largest absolute Gasteiger partial charge is 0.459 e. The molecule has 0 aliphatic heterocycles. The molecule has 1 amide bonds. The van der Waals surface area contributed by atoms with Gasteiger partial charge in [0.2, 0.25) is 5.91 Å². The van der Waals surface area contributed by atoms with Gasteiger partial charge in [0.05, 0.1) is 18.3 Å². The molecule has 0 heterocycles. The molecule has 2 rings (SSSR count). The zero-order chi connectivity index (χ0) is 24.4. The third kappa shape index (κ3) is 7.85. The number of carbonyl (C=O) groups excluding carboxylic acids is 2. The standard InChI is InChI=1S/C23H29NO8S/c1-17(2)31-23(26)20-7-5-6-8-21(20)33(27,28)32-19-11-9-18(10-12-19)15-24(13-14-29-3)22(25)16-30-4/h5-12,17H,13-16H2,1-4H3. The van der Waals surface area contributed by atoms with Gasteiger partial charge in [0.15, 0.2) is 0 Å². The summed E-state index contributed by atoms with van der Waals surface area (Å²) in [5.41, 5.74) is 0.662. The van der Waals surface area contributed by atoms with Crippen molar-refractivity contribution in [1.29, 1.82) is 0 Å². The molecule has 9 nitrogen and oxygen atoms in total. The molecule has 0 unspecified atom stereocenters. The van der Waals surface area contributed by atoms with Crippen molar-refractivity contribution >= 4 is 22.0 Å². The molecule has 0 spiro atoms. The van der Waals surface area contributed by atoms with Crippen LogP contribution < -0.4 is 4.18 Å². The highest BCUT2D eigenvalue weighted by Gasteiger charge is 2.25. The predicted molar refractivity (Wildman–Crippen MR) is 120 cm³/mol. The Balaban J connectivity index is 2.17. The SMILES string of the molecule is COCCN(Cc1ccc(OS(=O)(=O)c2ccccc2C(=O)OC(C)C)cc1)C(=O)COC. The van der Waals surface area contributed by atoms with Crippen LogP contribution in [-0.4, -0.2) is 65.3 Å². The molecule has 33 heavy (non-hydrogen) atoms. The fraction of sp³-hybridized carbons (Fsp3) is 0.391. The summed E-state index contributed by atoms with van der Waals surface area (Å²) < 4.78 is 46.0. The number of nitrogens with zero attached hydrogens (tertiary/aromatic N) is 1. The van der Waals surface area contributed by atoms with E-state index in [1.807, 2.05) is 0 Å². The van der Waals surface area contributed by atoms with E-state index in [9.17, 15) is 18.0 Å². The summed E-state index contributed by atoms with van der Waals surface area (Å²) in [6.45, 7) is 4.34. The second-order valence-corrected chi connectivity index (χ2v) is 8.89. The number of rotatable bonds is 12. The molecule has 0 saturated heterocycles. The van der Waals surface area contributed by atoms with Gasteiger partial charge in [-0.2, -0.15) is 8.42 Å². The summed E-state index contributed by atoms with van der Waals surface area (Å²) in [5, 5.41) is 0. The molecule has 0 radical (unpaired) electrons.